The van der Waals surface area contributed by atoms with Gasteiger partial charge in [-0.3, -0.25) is 0 Å². The molecule has 0 aromatic heterocycles. The van der Waals surface area contributed by atoms with E-state index >= 15 is 0 Å². The lowest BCUT2D eigenvalue weighted by Crippen LogP contribution is -2.36. The summed E-state index contributed by atoms with van der Waals surface area (Å²) in [4.78, 5) is 0. The Morgan fingerprint density at radius 2 is 1.53 bits per heavy atom. The molecule has 1 rings (SSSR count). The predicted molar refractivity (Wildman–Crippen MR) is 67.1 cm³/mol. The van der Waals surface area contributed by atoms with Gasteiger partial charge in [-0.25, -0.2) is 0 Å². The molecule has 1 nitrogen and oxygen atoms in total. The van der Waals surface area contributed by atoms with Crippen molar-refractivity contribution in [3.63, 3.8) is 0 Å². The highest BCUT2D eigenvalue weighted by Gasteiger charge is 2.20. The molecule has 0 aliphatic carbocycles. The van der Waals surface area contributed by atoms with Crippen LogP contribution in [-0.4, -0.2) is 6.04 Å². The lowest BCUT2D eigenvalue weighted by Gasteiger charge is -2.27. The molecule has 0 heterocycles. The van der Waals surface area contributed by atoms with Crippen LogP contribution >= 0.6 is 0 Å². The van der Waals surface area contributed by atoms with Crippen LogP contribution in [-0.2, 0) is 6.42 Å². The summed E-state index contributed by atoms with van der Waals surface area (Å²) in [6, 6.07) is 6.89. The first-order chi connectivity index (χ1) is 6.79. The van der Waals surface area contributed by atoms with Crippen LogP contribution in [0.3, 0.4) is 0 Å². The van der Waals surface area contributed by atoms with Crippen molar-refractivity contribution in [2.45, 2.75) is 47.1 Å². The molecule has 2 N–H and O–H groups in total. The quantitative estimate of drug-likeness (QED) is 0.788. The maximum atomic E-state index is 6.18. The Morgan fingerprint density at radius 3 is 1.93 bits per heavy atom. The first-order valence-electron chi connectivity index (χ1n) is 5.62. The van der Waals surface area contributed by atoms with Gasteiger partial charge in [0.25, 0.3) is 0 Å². The second-order valence-electron chi connectivity index (χ2n) is 5.67. The van der Waals surface area contributed by atoms with Crippen molar-refractivity contribution in [1.29, 1.82) is 0 Å². The molecule has 1 unspecified atom stereocenters. The second kappa shape index (κ2) is 4.36. The molecule has 0 aliphatic heterocycles. The molecule has 84 valence electrons. The molecule has 0 saturated heterocycles. The number of rotatable bonds is 2. The van der Waals surface area contributed by atoms with Crippen LogP contribution in [0.4, 0.5) is 0 Å². The normalized spacial score (nSPS) is 14.0. The Kier molecular flexibility index (Phi) is 3.56. The summed E-state index contributed by atoms with van der Waals surface area (Å²) >= 11 is 0. The zero-order valence-electron chi connectivity index (χ0n) is 10.6. The Morgan fingerprint density at radius 1 is 1.07 bits per heavy atom. The fourth-order valence-electron chi connectivity index (χ4n) is 1.75. The van der Waals surface area contributed by atoms with Crippen LogP contribution in [0.1, 0.15) is 37.5 Å². The van der Waals surface area contributed by atoms with E-state index < -0.39 is 0 Å². The second-order valence-corrected chi connectivity index (χ2v) is 5.67. The fraction of sp³-hybridized carbons (Fsp3) is 0.571. The Hall–Kier alpha value is -0.820. The van der Waals surface area contributed by atoms with Crippen molar-refractivity contribution in [3.05, 3.63) is 34.9 Å². The highest BCUT2D eigenvalue weighted by Crippen LogP contribution is 2.21. The van der Waals surface area contributed by atoms with Crippen molar-refractivity contribution in [1.82, 2.24) is 0 Å². The molecule has 1 heteroatoms. The average molecular weight is 205 g/mol. The van der Waals surface area contributed by atoms with Crippen LogP contribution in [0.15, 0.2) is 18.2 Å². The molecular formula is C14H23N. The van der Waals surface area contributed by atoms with E-state index in [1.165, 1.54) is 16.7 Å². The summed E-state index contributed by atoms with van der Waals surface area (Å²) in [5.41, 5.74) is 10.4. The van der Waals surface area contributed by atoms with Crippen LogP contribution in [0.5, 0.6) is 0 Å². The SMILES string of the molecule is Cc1cc(C)cc(CC(N)C(C)(C)C)c1. The molecule has 1 atom stereocenters. The van der Waals surface area contributed by atoms with Gasteiger partial charge in [0, 0.05) is 6.04 Å². The summed E-state index contributed by atoms with van der Waals surface area (Å²) in [6.07, 6.45) is 0.964. The summed E-state index contributed by atoms with van der Waals surface area (Å²) < 4.78 is 0. The first kappa shape index (κ1) is 12.3. The Labute approximate surface area is 93.7 Å². The van der Waals surface area contributed by atoms with Gasteiger partial charge >= 0.3 is 0 Å². The summed E-state index contributed by atoms with van der Waals surface area (Å²) in [6.45, 7) is 10.9. The smallest absolute Gasteiger partial charge is 0.0128 e. The van der Waals surface area contributed by atoms with E-state index in [4.69, 9.17) is 5.73 Å². The topological polar surface area (TPSA) is 26.0 Å². The maximum absolute atomic E-state index is 6.18. The van der Waals surface area contributed by atoms with Crippen molar-refractivity contribution in [2.75, 3.05) is 0 Å². The van der Waals surface area contributed by atoms with Gasteiger partial charge in [0.2, 0.25) is 0 Å². The zero-order valence-corrected chi connectivity index (χ0v) is 10.6. The molecule has 0 fully saturated rings. The third-order valence-electron chi connectivity index (χ3n) is 2.85. The van der Waals surface area contributed by atoms with Crippen LogP contribution in [0.2, 0.25) is 0 Å². The number of hydrogen-bond donors (Lipinski definition) is 1. The molecule has 0 bridgehead atoms. The molecule has 1 aromatic rings. The van der Waals surface area contributed by atoms with Gasteiger partial charge in [-0.05, 0) is 31.2 Å². The number of hydrogen-bond acceptors (Lipinski definition) is 1. The number of aryl methyl sites for hydroxylation is 2. The summed E-state index contributed by atoms with van der Waals surface area (Å²) in [5, 5.41) is 0. The maximum Gasteiger partial charge on any atom is 0.0128 e. The van der Waals surface area contributed by atoms with E-state index in [2.05, 4.69) is 52.8 Å². The van der Waals surface area contributed by atoms with Crippen LogP contribution in [0.25, 0.3) is 0 Å². The molecule has 0 saturated carbocycles. The Balaban J connectivity index is 2.81. The minimum absolute atomic E-state index is 0.178. The van der Waals surface area contributed by atoms with E-state index in [0.717, 1.165) is 6.42 Å². The Bertz CT molecular complexity index is 313. The van der Waals surface area contributed by atoms with Gasteiger partial charge in [-0.2, -0.15) is 0 Å². The van der Waals surface area contributed by atoms with Gasteiger partial charge in [0.05, 0.1) is 0 Å². The molecular weight excluding hydrogens is 182 g/mol. The van der Waals surface area contributed by atoms with Crippen LogP contribution < -0.4 is 5.73 Å². The molecule has 0 amide bonds. The van der Waals surface area contributed by atoms with Gasteiger partial charge in [0.1, 0.15) is 0 Å². The molecule has 0 aliphatic rings. The number of nitrogens with two attached hydrogens (primary N) is 1. The van der Waals surface area contributed by atoms with E-state index in [1.54, 1.807) is 0 Å². The zero-order chi connectivity index (χ0) is 11.6. The standard InChI is InChI=1S/C14H23N/c1-10-6-11(2)8-12(7-10)9-13(15)14(3,4)5/h6-8,13H,9,15H2,1-5H3. The van der Waals surface area contributed by atoms with Gasteiger partial charge < -0.3 is 5.73 Å². The van der Waals surface area contributed by atoms with E-state index in [9.17, 15) is 0 Å². The lowest BCUT2D eigenvalue weighted by atomic mass is 9.83. The summed E-state index contributed by atoms with van der Waals surface area (Å²) in [5.74, 6) is 0. The van der Waals surface area contributed by atoms with E-state index in [-0.39, 0.29) is 11.5 Å². The van der Waals surface area contributed by atoms with Gasteiger partial charge in [0.15, 0.2) is 0 Å². The van der Waals surface area contributed by atoms with Gasteiger partial charge in [-0.1, -0.05) is 50.1 Å². The molecule has 15 heavy (non-hydrogen) atoms. The third-order valence-corrected chi connectivity index (χ3v) is 2.85. The number of benzene rings is 1. The fourth-order valence-corrected chi connectivity index (χ4v) is 1.75. The highest BCUT2D eigenvalue weighted by molar-refractivity contribution is 5.29. The molecule has 0 radical (unpaired) electrons. The highest BCUT2D eigenvalue weighted by atomic mass is 14.7. The third kappa shape index (κ3) is 3.67. The average Bonchev–Trinajstić information content (AvgIpc) is 1.99. The first-order valence-corrected chi connectivity index (χ1v) is 5.62. The van der Waals surface area contributed by atoms with E-state index in [1.807, 2.05) is 0 Å². The minimum Gasteiger partial charge on any atom is -0.327 e. The lowest BCUT2D eigenvalue weighted by molar-refractivity contribution is 0.318. The van der Waals surface area contributed by atoms with Crippen molar-refractivity contribution >= 4 is 0 Å². The molecule has 1 aromatic carbocycles. The van der Waals surface area contributed by atoms with Crippen molar-refractivity contribution < 1.29 is 0 Å². The van der Waals surface area contributed by atoms with Crippen molar-refractivity contribution in [2.24, 2.45) is 11.1 Å². The van der Waals surface area contributed by atoms with Crippen LogP contribution in [0, 0.1) is 19.3 Å². The predicted octanol–water partition coefficient (Wildman–Crippen LogP) is 3.22. The monoisotopic (exact) mass is 205 g/mol. The van der Waals surface area contributed by atoms with Crippen molar-refractivity contribution in [3.8, 4) is 0 Å². The van der Waals surface area contributed by atoms with Gasteiger partial charge in [-0.15, -0.1) is 0 Å². The van der Waals surface area contributed by atoms with E-state index in [0.29, 0.717) is 0 Å². The molecule has 0 spiro atoms. The minimum atomic E-state index is 0.178. The summed E-state index contributed by atoms with van der Waals surface area (Å²) in [7, 11) is 0. The largest absolute Gasteiger partial charge is 0.327 e.